The Morgan fingerprint density at radius 3 is 2.48 bits per heavy atom. The van der Waals surface area contributed by atoms with Crippen molar-refractivity contribution in [3.8, 4) is 0 Å². The lowest BCUT2D eigenvalue weighted by molar-refractivity contribution is 0.0475. The molecule has 126 valence electrons. The average Bonchev–Trinajstić information content (AvgIpc) is 2.42. The van der Waals surface area contributed by atoms with Crippen LogP contribution in [-0.4, -0.2) is 36.7 Å². The van der Waals surface area contributed by atoms with Gasteiger partial charge in [-0.1, -0.05) is 6.07 Å². The standard InChI is InChI=1S/C17H25N3O3/c1-17(2,3)23-16(22)20-14-9-13(10-14)19-12-7-5-6-11(8-12)15(21)18-4/h5-8,13-14,19H,9-10H2,1-4H3,(H,18,21)(H,20,22). The van der Waals surface area contributed by atoms with Crippen LogP contribution in [0.15, 0.2) is 24.3 Å². The van der Waals surface area contributed by atoms with Crippen molar-refractivity contribution in [2.45, 2.75) is 51.3 Å². The number of anilines is 1. The summed E-state index contributed by atoms with van der Waals surface area (Å²) >= 11 is 0. The van der Waals surface area contributed by atoms with E-state index in [0.29, 0.717) is 5.56 Å². The van der Waals surface area contributed by atoms with E-state index in [2.05, 4.69) is 16.0 Å². The highest BCUT2D eigenvalue weighted by Gasteiger charge is 2.31. The molecular formula is C17H25N3O3. The molecule has 0 aliphatic heterocycles. The lowest BCUT2D eigenvalue weighted by Gasteiger charge is -2.37. The Morgan fingerprint density at radius 2 is 1.87 bits per heavy atom. The summed E-state index contributed by atoms with van der Waals surface area (Å²) in [7, 11) is 1.61. The monoisotopic (exact) mass is 319 g/mol. The zero-order valence-corrected chi connectivity index (χ0v) is 14.1. The first kappa shape index (κ1) is 17.1. The van der Waals surface area contributed by atoms with Crippen LogP contribution in [0.25, 0.3) is 0 Å². The highest BCUT2D eigenvalue weighted by molar-refractivity contribution is 5.94. The van der Waals surface area contributed by atoms with Gasteiger partial charge in [-0.2, -0.15) is 0 Å². The molecule has 3 N–H and O–H groups in total. The Morgan fingerprint density at radius 1 is 1.17 bits per heavy atom. The minimum Gasteiger partial charge on any atom is -0.444 e. The number of hydrogen-bond acceptors (Lipinski definition) is 4. The summed E-state index contributed by atoms with van der Waals surface area (Å²) in [6.45, 7) is 5.53. The van der Waals surface area contributed by atoms with Crippen LogP contribution in [0.4, 0.5) is 10.5 Å². The second kappa shape index (κ2) is 6.89. The van der Waals surface area contributed by atoms with E-state index < -0.39 is 5.60 Å². The maximum Gasteiger partial charge on any atom is 0.407 e. The predicted octanol–water partition coefficient (Wildman–Crippen LogP) is 2.51. The van der Waals surface area contributed by atoms with Crippen molar-refractivity contribution < 1.29 is 14.3 Å². The largest absolute Gasteiger partial charge is 0.444 e. The smallest absolute Gasteiger partial charge is 0.407 e. The molecule has 2 amide bonds. The van der Waals surface area contributed by atoms with Crippen LogP contribution in [0.1, 0.15) is 44.0 Å². The van der Waals surface area contributed by atoms with Crippen LogP contribution in [0.5, 0.6) is 0 Å². The van der Waals surface area contributed by atoms with Gasteiger partial charge >= 0.3 is 6.09 Å². The van der Waals surface area contributed by atoms with Crippen LogP contribution < -0.4 is 16.0 Å². The Kier molecular flexibility index (Phi) is 5.13. The quantitative estimate of drug-likeness (QED) is 0.797. The van der Waals surface area contributed by atoms with Gasteiger partial charge in [0.2, 0.25) is 0 Å². The molecule has 0 spiro atoms. The van der Waals surface area contributed by atoms with E-state index in [4.69, 9.17) is 4.74 Å². The molecule has 2 rings (SSSR count). The molecule has 6 heteroatoms. The van der Waals surface area contributed by atoms with Gasteiger partial charge in [-0.15, -0.1) is 0 Å². The summed E-state index contributed by atoms with van der Waals surface area (Å²) in [6, 6.07) is 7.80. The first-order valence-corrected chi connectivity index (χ1v) is 7.85. The Labute approximate surface area is 137 Å². The highest BCUT2D eigenvalue weighted by Crippen LogP contribution is 2.25. The van der Waals surface area contributed by atoms with Crippen molar-refractivity contribution in [2.24, 2.45) is 0 Å². The molecule has 0 radical (unpaired) electrons. The Balaban J connectivity index is 1.78. The number of amides is 2. The SMILES string of the molecule is CNC(=O)c1cccc(NC2CC(NC(=O)OC(C)(C)C)C2)c1. The summed E-state index contributed by atoms with van der Waals surface area (Å²) < 4.78 is 5.24. The summed E-state index contributed by atoms with van der Waals surface area (Å²) in [6.07, 6.45) is 1.30. The van der Waals surface area contributed by atoms with Crippen molar-refractivity contribution in [2.75, 3.05) is 12.4 Å². The molecule has 1 fully saturated rings. The van der Waals surface area contributed by atoms with Crippen molar-refractivity contribution >= 4 is 17.7 Å². The van der Waals surface area contributed by atoms with Crippen molar-refractivity contribution in [1.82, 2.24) is 10.6 Å². The van der Waals surface area contributed by atoms with Gasteiger partial charge in [-0.25, -0.2) is 4.79 Å². The highest BCUT2D eigenvalue weighted by atomic mass is 16.6. The lowest BCUT2D eigenvalue weighted by Crippen LogP contribution is -2.50. The van der Waals surface area contributed by atoms with E-state index in [1.165, 1.54) is 0 Å². The van der Waals surface area contributed by atoms with Crippen LogP contribution in [-0.2, 0) is 4.74 Å². The number of hydrogen-bond donors (Lipinski definition) is 3. The maximum atomic E-state index is 11.7. The van der Waals surface area contributed by atoms with E-state index in [9.17, 15) is 9.59 Å². The summed E-state index contributed by atoms with van der Waals surface area (Å²) in [5.41, 5.74) is 1.05. The van der Waals surface area contributed by atoms with E-state index in [-0.39, 0.29) is 24.1 Å². The number of alkyl carbamates (subject to hydrolysis) is 1. The lowest BCUT2D eigenvalue weighted by atomic mass is 9.86. The van der Waals surface area contributed by atoms with Gasteiger partial charge in [0.15, 0.2) is 0 Å². The van der Waals surface area contributed by atoms with Crippen LogP contribution >= 0.6 is 0 Å². The molecule has 1 saturated carbocycles. The number of carbonyl (C=O) groups excluding carboxylic acids is 2. The van der Waals surface area contributed by atoms with Crippen molar-refractivity contribution in [3.63, 3.8) is 0 Å². The summed E-state index contributed by atoms with van der Waals surface area (Å²) in [4.78, 5) is 23.3. The van der Waals surface area contributed by atoms with Gasteiger partial charge in [-0.05, 0) is 51.8 Å². The van der Waals surface area contributed by atoms with Gasteiger partial charge in [-0.3, -0.25) is 4.79 Å². The third-order valence-corrected chi connectivity index (χ3v) is 3.58. The molecule has 1 aliphatic carbocycles. The van der Waals surface area contributed by atoms with Gasteiger partial charge in [0.25, 0.3) is 5.91 Å². The van der Waals surface area contributed by atoms with Gasteiger partial charge in [0.05, 0.1) is 0 Å². The Bertz CT molecular complexity index is 575. The number of nitrogens with one attached hydrogen (secondary N) is 3. The first-order valence-electron chi connectivity index (χ1n) is 7.85. The van der Waals surface area contributed by atoms with Gasteiger partial charge in [0.1, 0.15) is 5.60 Å². The third-order valence-electron chi connectivity index (χ3n) is 3.58. The molecule has 1 aromatic carbocycles. The zero-order valence-electron chi connectivity index (χ0n) is 14.1. The molecule has 0 saturated heterocycles. The molecule has 0 atom stereocenters. The number of rotatable bonds is 4. The number of ether oxygens (including phenoxy) is 1. The second-order valence-electron chi connectivity index (χ2n) is 6.82. The van der Waals surface area contributed by atoms with Gasteiger partial charge in [0, 0.05) is 30.4 Å². The summed E-state index contributed by atoms with van der Waals surface area (Å²) in [5.74, 6) is -0.105. The van der Waals surface area contributed by atoms with Gasteiger partial charge < -0.3 is 20.7 Å². The van der Waals surface area contributed by atoms with Crippen LogP contribution in [0.3, 0.4) is 0 Å². The fourth-order valence-electron chi connectivity index (χ4n) is 2.46. The molecule has 23 heavy (non-hydrogen) atoms. The second-order valence-corrected chi connectivity index (χ2v) is 6.82. The normalized spacial score (nSPS) is 20.2. The molecule has 0 heterocycles. The molecule has 6 nitrogen and oxygen atoms in total. The molecule has 1 aromatic rings. The molecule has 1 aliphatic rings. The molecule has 0 aromatic heterocycles. The van der Waals surface area contributed by atoms with Crippen LogP contribution in [0.2, 0.25) is 0 Å². The van der Waals surface area contributed by atoms with E-state index in [1.807, 2.05) is 39.0 Å². The van der Waals surface area contributed by atoms with Crippen molar-refractivity contribution in [1.29, 1.82) is 0 Å². The third kappa shape index (κ3) is 5.16. The van der Waals surface area contributed by atoms with Crippen molar-refractivity contribution in [3.05, 3.63) is 29.8 Å². The minimum absolute atomic E-state index is 0.105. The Hall–Kier alpha value is -2.24. The molecule has 0 unspecified atom stereocenters. The average molecular weight is 319 g/mol. The minimum atomic E-state index is -0.480. The van der Waals surface area contributed by atoms with E-state index in [1.54, 1.807) is 13.1 Å². The summed E-state index contributed by atoms with van der Waals surface area (Å²) in [5, 5.41) is 8.85. The molecule has 0 bridgehead atoms. The number of carbonyl (C=O) groups is 2. The van der Waals surface area contributed by atoms with Crippen LogP contribution in [0, 0.1) is 0 Å². The topological polar surface area (TPSA) is 79.5 Å². The molecular weight excluding hydrogens is 294 g/mol. The maximum absolute atomic E-state index is 11.7. The number of benzene rings is 1. The predicted molar refractivity (Wildman–Crippen MR) is 89.6 cm³/mol. The zero-order chi connectivity index (χ0) is 17.0. The van der Waals surface area contributed by atoms with E-state index in [0.717, 1.165) is 18.5 Å². The fraction of sp³-hybridized carbons (Fsp3) is 0.529. The first-order chi connectivity index (χ1) is 10.8. The van der Waals surface area contributed by atoms with E-state index >= 15 is 0 Å². The fourth-order valence-corrected chi connectivity index (χ4v) is 2.46.